The number of nitrogen functional groups attached to an aromatic ring is 1. The maximum Gasteiger partial charge on any atom is 0.196 e. The number of carbonyl (C=O) groups excluding carboxylic acids is 2. The van der Waals surface area contributed by atoms with E-state index in [1.807, 2.05) is 0 Å². The number of carbonyl (C=O) groups is 2. The van der Waals surface area contributed by atoms with Gasteiger partial charge in [0.15, 0.2) is 11.6 Å². The first-order chi connectivity index (χ1) is 9.02. The fourth-order valence-electron chi connectivity index (χ4n) is 2.35. The van der Waals surface area contributed by atoms with Crippen LogP contribution in [0.15, 0.2) is 30.3 Å². The van der Waals surface area contributed by atoms with Gasteiger partial charge in [-0.1, -0.05) is 35.9 Å². The van der Waals surface area contributed by atoms with E-state index in [1.165, 1.54) is 6.07 Å². The third-order valence-corrected chi connectivity index (χ3v) is 3.85. The van der Waals surface area contributed by atoms with E-state index in [4.69, 9.17) is 17.3 Å². The van der Waals surface area contributed by atoms with Crippen molar-refractivity contribution in [2.75, 3.05) is 5.73 Å². The van der Waals surface area contributed by atoms with Crippen molar-refractivity contribution < 1.29 is 9.59 Å². The van der Waals surface area contributed by atoms with Crippen LogP contribution < -0.4 is 5.73 Å². The van der Waals surface area contributed by atoms with Crippen LogP contribution >= 0.6 is 11.6 Å². The summed E-state index contributed by atoms with van der Waals surface area (Å²) < 4.78 is 0. The predicted molar refractivity (Wildman–Crippen MR) is 73.9 cm³/mol. The molecule has 0 fully saturated rings. The summed E-state index contributed by atoms with van der Waals surface area (Å²) in [6.07, 6.45) is 0. The fraction of sp³-hybridized carbons (Fsp3) is 0.0667. The van der Waals surface area contributed by atoms with Gasteiger partial charge in [0.2, 0.25) is 0 Å². The van der Waals surface area contributed by atoms with Crippen LogP contribution in [0, 0.1) is 6.92 Å². The number of hydrogen-bond acceptors (Lipinski definition) is 3. The second-order valence-electron chi connectivity index (χ2n) is 4.52. The third-order valence-electron chi connectivity index (χ3n) is 3.46. The molecule has 0 aromatic heterocycles. The van der Waals surface area contributed by atoms with Gasteiger partial charge in [-0.15, -0.1) is 0 Å². The molecule has 1 aliphatic rings. The maximum absolute atomic E-state index is 12.5. The summed E-state index contributed by atoms with van der Waals surface area (Å²) in [6.45, 7) is 1.73. The molecule has 2 N–H and O–H groups in total. The van der Waals surface area contributed by atoms with Crippen LogP contribution in [0.2, 0.25) is 5.02 Å². The Morgan fingerprint density at radius 1 is 1.00 bits per heavy atom. The molecule has 0 saturated carbocycles. The molecule has 94 valence electrons. The minimum atomic E-state index is -0.220. The first-order valence-corrected chi connectivity index (χ1v) is 6.17. The van der Waals surface area contributed by atoms with E-state index >= 15 is 0 Å². The highest BCUT2D eigenvalue weighted by Crippen LogP contribution is 2.35. The molecular formula is C15H10ClNO2. The summed E-state index contributed by atoms with van der Waals surface area (Å²) >= 11 is 6.05. The number of rotatable bonds is 0. The number of hydrogen-bond donors (Lipinski definition) is 1. The third kappa shape index (κ3) is 1.52. The van der Waals surface area contributed by atoms with Crippen LogP contribution in [0.5, 0.6) is 0 Å². The number of anilines is 1. The normalized spacial score (nSPS) is 13.2. The van der Waals surface area contributed by atoms with E-state index < -0.39 is 0 Å². The van der Waals surface area contributed by atoms with Crippen molar-refractivity contribution in [3.63, 3.8) is 0 Å². The molecule has 0 bridgehead atoms. The van der Waals surface area contributed by atoms with Crippen LogP contribution in [-0.4, -0.2) is 11.6 Å². The van der Waals surface area contributed by atoms with Crippen LogP contribution in [0.1, 0.15) is 37.4 Å². The van der Waals surface area contributed by atoms with E-state index in [0.717, 1.165) is 0 Å². The molecule has 3 rings (SSSR count). The number of fused-ring (bicyclic) bond motifs is 2. The van der Waals surface area contributed by atoms with Crippen LogP contribution in [0.25, 0.3) is 0 Å². The van der Waals surface area contributed by atoms with Crippen LogP contribution in [0.3, 0.4) is 0 Å². The molecule has 0 spiro atoms. The average Bonchev–Trinajstić information content (AvgIpc) is 2.42. The SMILES string of the molecule is Cc1c(Cl)cc2c(c1N)C(=O)c1ccccc1C2=O. The van der Waals surface area contributed by atoms with Gasteiger partial charge < -0.3 is 5.73 Å². The lowest BCUT2D eigenvalue weighted by atomic mass is 9.82. The number of benzene rings is 2. The lowest BCUT2D eigenvalue weighted by Gasteiger charge is -2.20. The van der Waals surface area contributed by atoms with Crippen molar-refractivity contribution in [1.82, 2.24) is 0 Å². The molecule has 0 unspecified atom stereocenters. The average molecular weight is 272 g/mol. The van der Waals surface area contributed by atoms with Crippen LogP contribution in [0.4, 0.5) is 5.69 Å². The van der Waals surface area contributed by atoms with Crippen molar-refractivity contribution in [1.29, 1.82) is 0 Å². The zero-order valence-corrected chi connectivity index (χ0v) is 10.9. The molecule has 0 amide bonds. The molecule has 0 aliphatic heterocycles. The van der Waals surface area contributed by atoms with E-state index in [-0.39, 0.29) is 28.4 Å². The Bertz CT molecular complexity index is 750. The van der Waals surface area contributed by atoms with Crippen molar-refractivity contribution in [3.05, 3.63) is 63.2 Å². The Morgan fingerprint density at radius 3 is 2.21 bits per heavy atom. The quantitative estimate of drug-likeness (QED) is 0.640. The predicted octanol–water partition coefficient (Wildman–Crippen LogP) is 3.01. The Hall–Kier alpha value is -2.13. The largest absolute Gasteiger partial charge is 0.398 e. The van der Waals surface area contributed by atoms with Gasteiger partial charge in [-0.25, -0.2) is 0 Å². The molecule has 2 aromatic carbocycles. The molecule has 4 heteroatoms. The number of nitrogens with two attached hydrogens (primary N) is 1. The Kier molecular flexibility index (Phi) is 2.47. The zero-order valence-electron chi connectivity index (χ0n) is 10.2. The minimum absolute atomic E-state index is 0.209. The van der Waals surface area contributed by atoms with Gasteiger partial charge in [-0.2, -0.15) is 0 Å². The Balaban J connectivity index is 2.40. The molecule has 19 heavy (non-hydrogen) atoms. The summed E-state index contributed by atoms with van der Waals surface area (Å²) in [5.41, 5.74) is 8.23. The lowest BCUT2D eigenvalue weighted by Crippen LogP contribution is -2.22. The molecule has 3 nitrogen and oxygen atoms in total. The van der Waals surface area contributed by atoms with Gasteiger partial charge in [0.05, 0.1) is 5.56 Å². The number of halogens is 1. The molecule has 0 saturated heterocycles. The van der Waals surface area contributed by atoms with Crippen molar-refractivity contribution >= 4 is 28.9 Å². The highest BCUT2D eigenvalue weighted by atomic mass is 35.5. The Labute approximate surface area is 115 Å². The smallest absolute Gasteiger partial charge is 0.196 e. The second kappa shape index (κ2) is 3.93. The van der Waals surface area contributed by atoms with Crippen molar-refractivity contribution in [3.8, 4) is 0 Å². The van der Waals surface area contributed by atoms with Crippen molar-refractivity contribution in [2.45, 2.75) is 6.92 Å². The monoisotopic (exact) mass is 271 g/mol. The maximum atomic E-state index is 12.5. The summed E-state index contributed by atoms with van der Waals surface area (Å²) in [7, 11) is 0. The highest BCUT2D eigenvalue weighted by molar-refractivity contribution is 6.35. The summed E-state index contributed by atoms with van der Waals surface area (Å²) in [6, 6.07) is 8.27. The van der Waals surface area contributed by atoms with E-state index in [1.54, 1.807) is 31.2 Å². The molecule has 0 radical (unpaired) electrons. The van der Waals surface area contributed by atoms with E-state index in [0.29, 0.717) is 21.7 Å². The van der Waals surface area contributed by atoms with Crippen LogP contribution in [-0.2, 0) is 0 Å². The zero-order chi connectivity index (χ0) is 13.7. The van der Waals surface area contributed by atoms with Gasteiger partial charge in [-0.05, 0) is 18.6 Å². The van der Waals surface area contributed by atoms with Gasteiger partial charge in [0, 0.05) is 27.4 Å². The van der Waals surface area contributed by atoms with E-state index in [9.17, 15) is 9.59 Å². The van der Waals surface area contributed by atoms with Gasteiger partial charge in [0.25, 0.3) is 0 Å². The summed E-state index contributed by atoms with van der Waals surface area (Å²) in [5, 5.41) is 0.400. The fourth-order valence-corrected chi connectivity index (χ4v) is 2.56. The highest BCUT2D eigenvalue weighted by Gasteiger charge is 2.32. The van der Waals surface area contributed by atoms with Gasteiger partial charge in [-0.3, -0.25) is 9.59 Å². The molecule has 1 aliphatic carbocycles. The first kappa shape index (κ1) is 11.9. The summed E-state index contributed by atoms with van der Waals surface area (Å²) in [5.74, 6) is -0.429. The second-order valence-corrected chi connectivity index (χ2v) is 4.93. The molecule has 0 heterocycles. The minimum Gasteiger partial charge on any atom is -0.398 e. The standard InChI is InChI=1S/C15H10ClNO2/c1-7-11(16)6-10-12(13(7)17)15(19)9-5-3-2-4-8(9)14(10)18/h2-6H,17H2,1H3. The lowest BCUT2D eigenvalue weighted by molar-refractivity contribution is 0.0979. The first-order valence-electron chi connectivity index (χ1n) is 5.79. The van der Waals surface area contributed by atoms with E-state index in [2.05, 4.69) is 0 Å². The van der Waals surface area contributed by atoms with Gasteiger partial charge >= 0.3 is 0 Å². The molecule has 0 atom stereocenters. The van der Waals surface area contributed by atoms with Crippen molar-refractivity contribution in [2.24, 2.45) is 0 Å². The molecule has 2 aromatic rings. The van der Waals surface area contributed by atoms with Gasteiger partial charge in [0.1, 0.15) is 0 Å². The number of ketones is 2. The Morgan fingerprint density at radius 2 is 1.58 bits per heavy atom. The summed E-state index contributed by atoms with van der Waals surface area (Å²) in [4.78, 5) is 24.9. The molecular weight excluding hydrogens is 262 g/mol. The topological polar surface area (TPSA) is 60.2 Å².